The van der Waals surface area contributed by atoms with Crippen LogP contribution >= 0.6 is 0 Å². The van der Waals surface area contributed by atoms with Crippen LogP contribution in [0.1, 0.15) is 26.7 Å². The van der Waals surface area contributed by atoms with Crippen LogP contribution in [-0.2, 0) is 19.4 Å². The molecule has 2 unspecified atom stereocenters. The van der Waals surface area contributed by atoms with Gasteiger partial charge in [-0.25, -0.2) is 8.42 Å². The minimum absolute atomic E-state index is 0.0424. The van der Waals surface area contributed by atoms with E-state index in [0.29, 0.717) is 25.5 Å². The summed E-state index contributed by atoms with van der Waals surface area (Å²) in [5, 5.41) is 9.03. The van der Waals surface area contributed by atoms with Crippen molar-refractivity contribution < 1.29 is 17.9 Å². The molecule has 1 heterocycles. The van der Waals surface area contributed by atoms with E-state index >= 15 is 0 Å². The molecule has 134 valence electrons. The predicted molar refractivity (Wildman–Crippen MR) is 90.3 cm³/mol. The van der Waals surface area contributed by atoms with Gasteiger partial charge in [0.2, 0.25) is 5.91 Å². The zero-order valence-corrected chi connectivity index (χ0v) is 14.9. The Morgan fingerprint density at radius 3 is 2.74 bits per heavy atom. The molecule has 1 saturated heterocycles. The Labute approximate surface area is 138 Å². The summed E-state index contributed by atoms with van der Waals surface area (Å²) in [5.41, 5.74) is 0. The Hall–Kier alpha value is -1.35. The third kappa shape index (κ3) is 8.17. The van der Waals surface area contributed by atoms with Gasteiger partial charge in [0, 0.05) is 32.2 Å². The number of hydrogen-bond acceptors (Lipinski definition) is 5. The number of guanidine groups is 1. The van der Waals surface area contributed by atoms with Crippen LogP contribution in [0.25, 0.3) is 0 Å². The zero-order valence-electron chi connectivity index (χ0n) is 14.1. The molecule has 0 aromatic rings. The van der Waals surface area contributed by atoms with Gasteiger partial charge in [0.05, 0.1) is 24.7 Å². The topological polar surface area (TPSA) is 109 Å². The van der Waals surface area contributed by atoms with Crippen molar-refractivity contribution in [3.63, 3.8) is 0 Å². The molecule has 0 aromatic heterocycles. The van der Waals surface area contributed by atoms with E-state index in [2.05, 4.69) is 20.9 Å². The highest BCUT2D eigenvalue weighted by Crippen LogP contribution is 2.11. The molecular formula is C14H28N4O4S. The van der Waals surface area contributed by atoms with Gasteiger partial charge in [0.15, 0.2) is 15.8 Å². The second-order valence-corrected chi connectivity index (χ2v) is 7.91. The number of aliphatic imine (C=N–C) groups is 1. The van der Waals surface area contributed by atoms with Crippen LogP contribution in [0.2, 0.25) is 0 Å². The van der Waals surface area contributed by atoms with Crippen molar-refractivity contribution in [2.75, 3.05) is 38.3 Å². The van der Waals surface area contributed by atoms with Gasteiger partial charge in [-0.3, -0.25) is 9.79 Å². The third-order valence-corrected chi connectivity index (χ3v) is 5.12. The van der Waals surface area contributed by atoms with E-state index in [4.69, 9.17) is 4.74 Å². The van der Waals surface area contributed by atoms with Gasteiger partial charge in [-0.2, -0.15) is 0 Å². The van der Waals surface area contributed by atoms with Gasteiger partial charge < -0.3 is 20.7 Å². The summed E-state index contributed by atoms with van der Waals surface area (Å²) in [7, 11) is -1.34. The second kappa shape index (κ2) is 9.71. The standard InChI is InChI=1S/C14H28N4O4S/c1-4-15-14(17-11(2)9-22-3)16-7-5-13(19)18-12-6-8-23(20,21)10-12/h11-12H,4-10H2,1-3H3,(H,18,19)(H2,15,16,17). The first-order chi connectivity index (χ1) is 10.9. The fraction of sp³-hybridized carbons (Fsp3) is 0.857. The van der Waals surface area contributed by atoms with E-state index in [-0.39, 0.29) is 35.9 Å². The fourth-order valence-electron chi connectivity index (χ4n) is 2.32. The van der Waals surface area contributed by atoms with E-state index in [0.717, 1.165) is 6.54 Å². The van der Waals surface area contributed by atoms with E-state index in [1.165, 1.54) is 0 Å². The molecule has 3 N–H and O–H groups in total. The molecule has 0 saturated carbocycles. The third-order valence-electron chi connectivity index (χ3n) is 3.35. The SMILES string of the molecule is CCNC(=NCCC(=O)NC1CCS(=O)(=O)C1)NC(C)COC. The van der Waals surface area contributed by atoms with E-state index in [9.17, 15) is 13.2 Å². The molecule has 0 radical (unpaired) electrons. The number of nitrogens with one attached hydrogen (secondary N) is 3. The Morgan fingerprint density at radius 2 is 2.17 bits per heavy atom. The molecule has 1 aliphatic rings. The lowest BCUT2D eigenvalue weighted by Gasteiger charge is -2.17. The summed E-state index contributed by atoms with van der Waals surface area (Å²) in [6.45, 7) is 5.55. The maximum Gasteiger partial charge on any atom is 0.222 e. The highest BCUT2D eigenvalue weighted by Gasteiger charge is 2.28. The van der Waals surface area contributed by atoms with Crippen LogP contribution in [0, 0.1) is 0 Å². The fourth-order valence-corrected chi connectivity index (χ4v) is 4.00. The normalized spacial score (nSPS) is 21.7. The van der Waals surface area contributed by atoms with Gasteiger partial charge in [0.1, 0.15) is 0 Å². The zero-order chi connectivity index (χ0) is 17.3. The molecule has 0 aliphatic carbocycles. The molecular weight excluding hydrogens is 320 g/mol. The first-order valence-electron chi connectivity index (χ1n) is 7.90. The molecule has 9 heteroatoms. The van der Waals surface area contributed by atoms with Gasteiger partial charge >= 0.3 is 0 Å². The van der Waals surface area contributed by atoms with Gasteiger partial charge in [-0.15, -0.1) is 0 Å². The Kier molecular flexibility index (Phi) is 8.32. The number of sulfone groups is 1. The van der Waals surface area contributed by atoms with Crippen molar-refractivity contribution in [2.24, 2.45) is 4.99 Å². The summed E-state index contributed by atoms with van der Waals surface area (Å²) in [4.78, 5) is 16.2. The molecule has 0 spiro atoms. The van der Waals surface area contributed by atoms with Gasteiger partial charge in [-0.1, -0.05) is 0 Å². The maximum atomic E-state index is 11.8. The molecule has 0 bridgehead atoms. The number of nitrogens with zero attached hydrogens (tertiary/aromatic N) is 1. The van der Waals surface area contributed by atoms with E-state index < -0.39 is 9.84 Å². The smallest absolute Gasteiger partial charge is 0.222 e. The van der Waals surface area contributed by atoms with Crippen molar-refractivity contribution in [1.82, 2.24) is 16.0 Å². The summed E-state index contributed by atoms with van der Waals surface area (Å²) < 4.78 is 27.8. The lowest BCUT2D eigenvalue weighted by atomic mass is 10.2. The summed E-state index contributed by atoms with van der Waals surface area (Å²) in [5.74, 6) is 0.660. The van der Waals surface area contributed by atoms with Crippen molar-refractivity contribution in [3.05, 3.63) is 0 Å². The molecule has 8 nitrogen and oxygen atoms in total. The van der Waals surface area contributed by atoms with Gasteiger partial charge in [0.25, 0.3) is 0 Å². The van der Waals surface area contributed by atoms with Crippen molar-refractivity contribution in [1.29, 1.82) is 0 Å². The van der Waals surface area contributed by atoms with E-state index in [1.54, 1.807) is 7.11 Å². The lowest BCUT2D eigenvalue weighted by Crippen LogP contribution is -2.44. The Bertz CT molecular complexity index is 507. The summed E-state index contributed by atoms with van der Waals surface area (Å²) in [6, 6.07) is -0.153. The minimum atomic E-state index is -2.98. The summed E-state index contributed by atoms with van der Waals surface area (Å²) >= 11 is 0. The average molecular weight is 348 g/mol. The summed E-state index contributed by atoms with van der Waals surface area (Å²) in [6.07, 6.45) is 0.724. The number of amides is 1. The van der Waals surface area contributed by atoms with Crippen LogP contribution < -0.4 is 16.0 Å². The molecule has 1 aliphatic heterocycles. The highest BCUT2D eigenvalue weighted by molar-refractivity contribution is 7.91. The predicted octanol–water partition coefficient (Wildman–Crippen LogP) is -0.730. The van der Waals surface area contributed by atoms with Crippen LogP contribution in [0.3, 0.4) is 0 Å². The first-order valence-corrected chi connectivity index (χ1v) is 9.72. The number of ether oxygens (including phenoxy) is 1. The highest BCUT2D eigenvalue weighted by atomic mass is 32.2. The van der Waals surface area contributed by atoms with Crippen LogP contribution in [0.5, 0.6) is 0 Å². The van der Waals surface area contributed by atoms with Crippen LogP contribution in [0.4, 0.5) is 0 Å². The lowest BCUT2D eigenvalue weighted by molar-refractivity contribution is -0.121. The van der Waals surface area contributed by atoms with E-state index in [1.807, 2.05) is 13.8 Å². The Balaban J connectivity index is 2.37. The van der Waals surface area contributed by atoms with Crippen LogP contribution in [-0.4, -0.2) is 70.7 Å². The molecule has 1 amide bonds. The average Bonchev–Trinajstić information content (AvgIpc) is 2.78. The molecule has 0 aromatic carbocycles. The van der Waals surface area contributed by atoms with Crippen LogP contribution in [0.15, 0.2) is 4.99 Å². The number of carbonyl (C=O) groups is 1. The minimum Gasteiger partial charge on any atom is -0.383 e. The van der Waals surface area contributed by atoms with Crippen molar-refractivity contribution in [2.45, 2.75) is 38.8 Å². The maximum absolute atomic E-state index is 11.8. The molecule has 1 rings (SSSR count). The molecule has 1 fully saturated rings. The number of hydrogen-bond donors (Lipinski definition) is 3. The molecule has 23 heavy (non-hydrogen) atoms. The molecule has 2 atom stereocenters. The van der Waals surface area contributed by atoms with Gasteiger partial charge in [-0.05, 0) is 20.3 Å². The first kappa shape index (κ1) is 19.7. The van der Waals surface area contributed by atoms with Crippen molar-refractivity contribution >= 4 is 21.7 Å². The number of rotatable bonds is 8. The number of methoxy groups -OCH3 is 1. The Morgan fingerprint density at radius 1 is 1.43 bits per heavy atom. The largest absolute Gasteiger partial charge is 0.383 e. The second-order valence-electron chi connectivity index (χ2n) is 5.68. The monoisotopic (exact) mass is 348 g/mol. The van der Waals surface area contributed by atoms with Crippen molar-refractivity contribution in [3.8, 4) is 0 Å². The quantitative estimate of drug-likeness (QED) is 0.394. The number of carbonyl (C=O) groups excluding carboxylic acids is 1.